The number of esters is 9. The van der Waals surface area contributed by atoms with Gasteiger partial charge in [0.1, 0.15) is 50.7 Å². The van der Waals surface area contributed by atoms with Crippen molar-refractivity contribution in [3.8, 4) is 0 Å². The third-order valence-corrected chi connectivity index (χ3v) is 7.28. The van der Waals surface area contributed by atoms with E-state index in [9.17, 15) is 57.5 Å². The molecule has 0 aliphatic carbocycles. The summed E-state index contributed by atoms with van der Waals surface area (Å²) in [7, 11) is 3.49. The first-order valence-electron chi connectivity index (χ1n) is 19.8. The van der Waals surface area contributed by atoms with Gasteiger partial charge < -0.3 is 89.9 Å². The molecule has 1 amide bonds. The van der Waals surface area contributed by atoms with Crippen molar-refractivity contribution >= 4 is 71.8 Å². The van der Waals surface area contributed by atoms with Crippen LogP contribution in [0.4, 0.5) is 4.79 Å². The number of cyclic esters (lactones) is 5. The number of carboxylic acid groups (broad SMARTS) is 2. The number of quaternary nitrogens is 1. The summed E-state index contributed by atoms with van der Waals surface area (Å²) in [6, 6.07) is 5.83. The molecule has 1 aromatic carbocycles. The number of amides is 1. The Kier molecular flexibility index (Phi) is 32.8. The predicted octanol–water partition coefficient (Wildman–Crippen LogP) is -5.36. The fourth-order valence-corrected chi connectivity index (χ4v) is 3.53. The highest BCUT2D eigenvalue weighted by Crippen LogP contribution is 2.08. The quantitative estimate of drug-likeness (QED) is 0.0566. The first-order chi connectivity index (χ1) is 32.4. The van der Waals surface area contributed by atoms with E-state index in [2.05, 4.69) is 53.7 Å². The number of hydrogen-bond donors (Lipinski definition) is 8. The molecule has 4 rings (SSSR count). The molecule has 3 aliphatic rings. The SMILES string of the molecule is CC(O)C(=O)OCC(=O)OCC(N)C(=O)O.CC(O)C(=O)OCC(=O)OCC(NC(=O)OCc1ccccc1)C(=O)O.CC1OC(=O)C(C)OC1=O.CNC1COC1=O.C[NH3+].O=C1COC(=O)CO1. The van der Waals surface area contributed by atoms with Gasteiger partial charge in [-0.05, 0) is 40.3 Å². The first kappa shape index (κ1) is 63.5. The normalized spacial score (nSPS) is 17.9. The summed E-state index contributed by atoms with van der Waals surface area (Å²) in [6.45, 7) is 2.58. The first-order valence-corrected chi connectivity index (χ1v) is 19.8. The summed E-state index contributed by atoms with van der Waals surface area (Å²) in [5, 5.41) is 39.8. The third kappa shape index (κ3) is 30.4. The summed E-state index contributed by atoms with van der Waals surface area (Å²) in [5.74, 6) is -8.80. The minimum atomic E-state index is -1.55. The van der Waals surface area contributed by atoms with Crippen molar-refractivity contribution < 1.29 is 131 Å². The lowest BCUT2D eigenvalue weighted by molar-refractivity contribution is -0.325. The Morgan fingerprint density at radius 1 is 0.696 bits per heavy atom. The van der Waals surface area contributed by atoms with Gasteiger partial charge in [-0.2, -0.15) is 0 Å². The second kappa shape index (κ2) is 35.6. The number of rotatable bonds is 16. The lowest BCUT2D eigenvalue weighted by Crippen LogP contribution is -2.49. The third-order valence-electron chi connectivity index (χ3n) is 7.28. The Bertz CT molecular complexity index is 1810. The number of nitrogens with two attached hydrogens (primary N) is 1. The second-order valence-electron chi connectivity index (χ2n) is 12.9. The molecule has 0 spiro atoms. The van der Waals surface area contributed by atoms with Crippen LogP contribution in [0.3, 0.4) is 0 Å². The molecule has 7 atom stereocenters. The maximum atomic E-state index is 11.6. The number of alkyl carbamates (subject to hydrolysis) is 1. The molecule has 3 heterocycles. The number of aliphatic carboxylic acids is 2. The van der Waals surface area contributed by atoms with Gasteiger partial charge in [0, 0.05) is 0 Å². The van der Waals surface area contributed by atoms with E-state index in [1.165, 1.54) is 20.8 Å². The number of carboxylic acids is 2. The van der Waals surface area contributed by atoms with E-state index in [0.717, 1.165) is 6.92 Å². The molecule has 30 nitrogen and oxygen atoms in total. The largest absolute Gasteiger partial charge is 0.480 e. The molecule has 388 valence electrons. The van der Waals surface area contributed by atoms with E-state index in [0.29, 0.717) is 12.2 Å². The highest BCUT2D eigenvalue weighted by molar-refractivity contribution is 5.87. The molecule has 0 saturated carbocycles. The van der Waals surface area contributed by atoms with Gasteiger partial charge >= 0.3 is 71.8 Å². The Balaban J connectivity index is 0. The molecule has 1 aromatic rings. The number of benzene rings is 1. The van der Waals surface area contributed by atoms with Crippen molar-refractivity contribution in [1.29, 1.82) is 0 Å². The van der Waals surface area contributed by atoms with Gasteiger partial charge in [-0.3, -0.25) is 9.59 Å². The molecule has 69 heavy (non-hydrogen) atoms. The number of carbonyl (C=O) groups is 12. The van der Waals surface area contributed by atoms with Crippen LogP contribution in [-0.2, 0) is 107 Å². The molecule has 7 unspecified atom stereocenters. The van der Waals surface area contributed by atoms with E-state index < -0.39 is 129 Å². The van der Waals surface area contributed by atoms with Crippen LogP contribution in [0.25, 0.3) is 0 Å². The summed E-state index contributed by atoms with van der Waals surface area (Å²) in [4.78, 5) is 129. The molecular formula is C39H57N4O26+. The zero-order valence-corrected chi connectivity index (χ0v) is 38.1. The molecular weight excluding hydrogens is 940 g/mol. The average Bonchev–Trinajstić information content (AvgIpc) is 3.31. The van der Waals surface area contributed by atoms with Crippen LogP contribution in [0, 0.1) is 0 Å². The van der Waals surface area contributed by atoms with Crippen molar-refractivity contribution in [3.05, 3.63) is 35.9 Å². The standard InChI is InChI=1S/C16H19NO9.C8H13NO7.C6H8O4.C4H7NO2.C4H4O4.CH5N/c1-10(18)15(22)25-9-13(19)24-8-12(14(20)21)17-16(23)26-7-11-5-3-2-4-6-11;1-4(10)8(14)16-3-6(11)15-2-5(9)7(12)13;1-3-5(7)10-4(2)6(8)9-3;1-5-3-2-7-4(3)6;5-3-1-7-4(6)2-8-3;1-2/h2-6,10,12,18H,7-9H2,1H3,(H,17,23)(H,20,21);4-5,10H,2-3,9H2,1H3,(H,12,13);3-4H,1-2H3;3,5H,2H2,1H3;1-2H2;2H2,1H3/p+1. The monoisotopic (exact) mass is 997 g/mol. The van der Waals surface area contributed by atoms with E-state index in [1.54, 1.807) is 44.4 Å². The van der Waals surface area contributed by atoms with Crippen LogP contribution in [0.15, 0.2) is 30.3 Å². The van der Waals surface area contributed by atoms with Gasteiger partial charge in [-0.25, -0.2) is 47.9 Å². The zero-order valence-electron chi connectivity index (χ0n) is 38.1. The highest BCUT2D eigenvalue weighted by atomic mass is 16.7. The number of carbonyl (C=O) groups excluding carboxylic acids is 10. The zero-order chi connectivity index (χ0) is 53.2. The molecule has 30 heteroatoms. The summed E-state index contributed by atoms with van der Waals surface area (Å²) in [6.07, 6.45) is -5.24. The Morgan fingerprint density at radius 2 is 1.14 bits per heavy atom. The van der Waals surface area contributed by atoms with Crippen molar-refractivity contribution in [3.63, 3.8) is 0 Å². The Morgan fingerprint density at radius 3 is 1.48 bits per heavy atom. The van der Waals surface area contributed by atoms with Gasteiger partial charge in [0.05, 0.1) is 7.05 Å². The number of aliphatic hydroxyl groups excluding tert-OH is 2. The number of nitrogens with one attached hydrogen (secondary N) is 2. The summed E-state index contributed by atoms with van der Waals surface area (Å²) in [5.41, 5.74) is 9.00. The van der Waals surface area contributed by atoms with Crippen molar-refractivity contribution in [2.45, 2.75) is 76.8 Å². The van der Waals surface area contributed by atoms with Crippen LogP contribution < -0.4 is 22.1 Å². The van der Waals surface area contributed by atoms with Crippen molar-refractivity contribution in [1.82, 2.24) is 10.6 Å². The molecule has 3 fully saturated rings. The second-order valence-corrected chi connectivity index (χ2v) is 12.9. The molecule has 0 radical (unpaired) electrons. The van der Waals surface area contributed by atoms with Gasteiger partial charge in [0.2, 0.25) is 0 Å². The molecule has 0 bridgehead atoms. The average molecular weight is 998 g/mol. The van der Waals surface area contributed by atoms with Crippen molar-refractivity contribution in [2.24, 2.45) is 5.73 Å². The van der Waals surface area contributed by atoms with Crippen molar-refractivity contribution in [2.75, 3.05) is 60.3 Å². The lowest BCUT2D eigenvalue weighted by Gasteiger charge is -2.22. The van der Waals surface area contributed by atoms with Crippen LogP contribution in [0.5, 0.6) is 0 Å². The summed E-state index contributed by atoms with van der Waals surface area (Å²) >= 11 is 0. The molecule has 11 N–H and O–H groups in total. The Labute approximate surface area is 392 Å². The van der Waals surface area contributed by atoms with Crippen LogP contribution >= 0.6 is 0 Å². The highest BCUT2D eigenvalue weighted by Gasteiger charge is 2.32. The Hall–Kier alpha value is -7.54. The number of likely N-dealkylation sites (N-methyl/N-ethyl adjacent to an activating group) is 1. The lowest BCUT2D eigenvalue weighted by atomic mass is 10.2. The fraction of sp³-hybridized carbons (Fsp3) is 0.538. The van der Waals surface area contributed by atoms with E-state index in [4.69, 9.17) is 30.9 Å². The van der Waals surface area contributed by atoms with Gasteiger partial charge in [-0.1, -0.05) is 30.3 Å². The maximum absolute atomic E-state index is 11.6. The smallest absolute Gasteiger partial charge is 0.408 e. The predicted molar refractivity (Wildman–Crippen MR) is 220 cm³/mol. The van der Waals surface area contributed by atoms with Gasteiger partial charge in [-0.15, -0.1) is 0 Å². The van der Waals surface area contributed by atoms with Crippen LogP contribution in [0.2, 0.25) is 0 Å². The maximum Gasteiger partial charge on any atom is 0.408 e. The van der Waals surface area contributed by atoms with E-state index >= 15 is 0 Å². The number of ether oxygens (including phenoxy) is 10. The van der Waals surface area contributed by atoms with Crippen LogP contribution in [0.1, 0.15) is 33.3 Å². The number of hydrogen-bond acceptors (Lipinski definition) is 26. The van der Waals surface area contributed by atoms with Crippen LogP contribution in [-0.4, -0.2) is 195 Å². The topological polar surface area (TPSA) is 456 Å². The molecule has 0 aromatic heterocycles. The fourth-order valence-electron chi connectivity index (χ4n) is 3.53. The van der Waals surface area contributed by atoms with Gasteiger partial charge in [0.25, 0.3) is 0 Å². The van der Waals surface area contributed by atoms with E-state index in [-0.39, 0.29) is 31.8 Å². The minimum Gasteiger partial charge on any atom is -0.480 e. The molecule has 3 saturated heterocycles. The minimum absolute atomic E-state index is 0.0278. The molecule has 3 aliphatic heterocycles. The summed E-state index contributed by atoms with van der Waals surface area (Å²) < 4.78 is 44.8. The van der Waals surface area contributed by atoms with E-state index in [1.807, 2.05) is 5.32 Å². The van der Waals surface area contributed by atoms with Gasteiger partial charge in [0.15, 0.2) is 44.7 Å². The number of aliphatic hydroxyl groups is 2.